The van der Waals surface area contributed by atoms with E-state index in [2.05, 4.69) is 13.8 Å². The molecule has 0 fully saturated rings. The molecule has 0 atom stereocenters. The quantitative estimate of drug-likeness (QED) is 0.430. The molecule has 0 aliphatic carbocycles. The van der Waals surface area contributed by atoms with Gasteiger partial charge < -0.3 is 6.15 Å². The van der Waals surface area contributed by atoms with Crippen molar-refractivity contribution in [3.05, 3.63) is 0 Å². The summed E-state index contributed by atoms with van der Waals surface area (Å²) < 4.78 is 0. The van der Waals surface area contributed by atoms with Gasteiger partial charge in [-0.15, -0.1) is 0 Å². The summed E-state index contributed by atoms with van der Waals surface area (Å²) in [4.78, 5) is 0. The Labute approximate surface area is 97.6 Å². The molecule has 0 heterocycles. The zero-order valence-electron chi connectivity index (χ0n) is 11.2. The van der Waals surface area contributed by atoms with Crippen molar-refractivity contribution < 1.29 is 0 Å². The maximum atomic E-state index is 2.29. The highest BCUT2D eigenvalue weighted by molar-refractivity contribution is 4.47. The molecule has 0 radical (unpaired) electrons. The van der Waals surface area contributed by atoms with Crippen molar-refractivity contribution in [2.45, 2.75) is 90.9 Å². The Morgan fingerprint density at radius 2 is 0.600 bits per heavy atom. The second-order valence-corrected chi connectivity index (χ2v) is 4.54. The molecule has 1 heteroatoms. The molecule has 0 saturated heterocycles. The van der Waals surface area contributed by atoms with Crippen LogP contribution in [0.15, 0.2) is 0 Å². The van der Waals surface area contributed by atoms with Gasteiger partial charge in [-0.25, -0.2) is 0 Å². The normalized spacial score (nSPS) is 10.0. The van der Waals surface area contributed by atoms with Gasteiger partial charge in [0.2, 0.25) is 0 Å². The Morgan fingerprint density at radius 1 is 0.400 bits per heavy atom. The fourth-order valence-electron chi connectivity index (χ4n) is 1.91. The lowest BCUT2D eigenvalue weighted by Crippen LogP contribution is -1.81. The minimum Gasteiger partial charge on any atom is -0.344 e. The monoisotopic (exact) mass is 215 g/mol. The zero-order chi connectivity index (χ0) is 10.5. The zero-order valence-corrected chi connectivity index (χ0v) is 11.2. The molecule has 0 aromatic carbocycles. The van der Waals surface area contributed by atoms with E-state index in [0.717, 1.165) is 0 Å². The summed E-state index contributed by atoms with van der Waals surface area (Å²) in [6, 6.07) is 0. The second kappa shape index (κ2) is 16.4. The molecule has 0 saturated carbocycles. The summed E-state index contributed by atoms with van der Waals surface area (Å²) in [5, 5.41) is 0. The molecule has 1 nitrogen and oxygen atoms in total. The van der Waals surface area contributed by atoms with Crippen LogP contribution in [0.2, 0.25) is 0 Å². The van der Waals surface area contributed by atoms with Crippen LogP contribution < -0.4 is 6.15 Å². The molecule has 0 rings (SSSR count). The van der Waals surface area contributed by atoms with Crippen LogP contribution in [0.5, 0.6) is 0 Å². The van der Waals surface area contributed by atoms with E-state index in [-0.39, 0.29) is 6.15 Å². The van der Waals surface area contributed by atoms with Crippen molar-refractivity contribution in [2.75, 3.05) is 0 Å². The van der Waals surface area contributed by atoms with E-state index < -0.39 is 0 Å². The first-order valence-corrected chi connectivity index (χ1v) is 6.91. The number of hydrogen-bond acceptors (Lipinski definition) is 1. The van der Waals surface area contributed by atoms with Crippen LogP contribution >= 0.6 is 0 Å². The van der Waals surface area contributed by atoms with E-state index in [1.165, 1.54) is 77.0 Å². The van der Waals surface area contributed by atoms with E-state index in [1.54, 1.807) is 0 Å². The van der Waals surface area contributed by atoms with Gasteiger partial charge >= 0.3 is 0 Å². The van der Waals surface area contributed by atoms with Gasteiger partial charge in [0.15, 0.2) is 0 Å². The molecular formula is C14H33N. The van der Waals surface area contributed by atoms with Crippen LogP contribution in [0, 0.1) is 0 Å². The van der Waals surface area contributed by atoms with Crippen molar-refractivity contribution in [1.82, 2.24) is 6.15 Å². The first-order valence-electron chi connectivity index (χ1n) is 6.91. The maximum absolute atomic E-state index is 2.29. The van der Waals surface area contributed by atoms with Gasteiger partial charge in [0.1, 0.15) is 0 Å². The SMILES string of the molecule is CCCCCCCCCCCCCC.N. The summed E-state index contributed by atoms with van der Waals surface area (Å²) in [6.45, 7) is 4.57. The highest BCUT2D eigenvalue weighted by atomic mass is 14.0. The lowest BCUT2D eigenvalue weighted by atomic mass is 10.1. The molecule has 0 aromatic rings. The predicted octanol–water partition coefficient (Wildman–Crippen LogP) is 5.87. The van der Waals surface area contributed by atoms with Crippen LogP contribution in [0.3, 0.4) is 0 Å². The van der Waals surface area contributed by atoms with E-state index in [9.17, 15) is 0 Å². The van der Waals surface area contributed by atoms with Gasteiger partial charge in [0.25, 0.3) is 0 Å². The minimum atomic E-state index is 0. The fourth-order valence-corrected chi connectivity index (χ4v) is 1.91. The van der Waals surface area contributed by atoms with E-state index in [1.807, 2.05) is 0 Å². The highest BCUT2D eigenvalue weighted by Crippen LogP contribution is 2.11. The van der Waals surface area contributed by atoms with Crippen LogP contribution in [0.4, 0.5) is 0 Å². The smallest absolute Gasteiger partial charge is 0.0533 e. The van der Waals surface area contributed by atoms with Crippen molar-refractivity contribution >= 4 is 0 Å². The standard InChI is InChI=1S/C14H30.H3N/c1-3-5-7-9-11-13-14-12-10-8-6-4-2;/h3-14H2,1-2H3;1H3. The minimum absolute atomic E-state index is 0. The molecular weight excluding hydrogens is 182 g/mol. The Kier molecular flexibility index (Phi) is 19.0. The van der Waals surface area contributed by atoms with Gasteiger partial charge in [-0.1, -0.05) is 90.9 Å². The molecule has 0 aromatic heterocycles. The van der Waals surface area contributed by atoms with Crippen molar-refractivity contribution in [2.24, 2.45) is 0 Å². The molecule has 0 amide bonds. The lowest BCUT2D eigenvalue weighted by Gasteiger charge is -2.01. The topological polar surface area (TPSA) is 35.0 Å². The van der Waals surface area contributed by atoms with Gasteiger partial charge in [-0.3, -0.25) is 0 Å². The van der Waals surface area contributed by atoms with Crippen LogP contribution in [-0.2, 0) is 0 Å². The number of hydrogen-bond donors (Lipinski definition) is 1. The highest BCUT2D eigenvalue weighted by Gasteiger charge is 1.91. The third kappa shape index (κ3) is 16.6. The van der Waals surface area contributed by atoms with Gasteiger partial charge in [-0.05, 0) is 0 Å². The summed E-state index contributed by atoms with van der Waals surface area (Å²) in [5.74, 6) is 0. The summed E-state index contributed by atoms with van der Waals surface area (Å²) >= 11 is 0. The van der Waals surface area contributed by atoms with E-state index >= 15 is 0 Å². The molecule has 0 bridgehead atoms. The van der Waals surface area contributed by atoms with Crippen LogP contribution in [-0.4, -0.2) is 0 Å². The molecule has 0 spiro atoms. The number of rotatable bonds is 11. The second-order valence-electron chi connectivity index (χ2n) is 4.54. The Balaban J connectivity index is 0. The van der Waals surface area contributed by atoms with Crippen molar-refractivity contribution in [1.29, 1.82) is 0 Å². The summed E-state index contributed by atoms with van der Waals surface area (Å²) in [6.07, 6.45) is 17.4. The molecule has 15 heavy (non-hydrogen) atoms. The molecule has 0 unspecified atom stereocenters. The first-order chi connectivity index (χ1) is 6.91. The van der Waals surface area contributed by atoms with Gasteiger partial charge in [-0.2, -0.15) is 0 Å². The number of unbranched alkanes of at least 4 members (excludes halogenated alkanes) is 11. The van der Waals surface area contributed by atoms with E-state index in [4.69, 9.17) is 0 Å². The Morgan fingerprint density at radius 3 is 0.800 bits per heavy atom. The Hall–Kier alpha value is -0.0400. The Bertz CT molecular complexity index is 79.3. The molecule has 3 N–H and O–H groups in total. The fraction of sp³-hybridized carbons (Fsp3) is 1.00. The lowest BCUT2D eigenvalue weighted by molar-refractivity contribution is 0.548. The van der Waals surface area contributed by atoms with Crippen molar-refractivity contribution in [3.8, 4) is 0 Å². The van der Waals surface area contributed by atoms with Gasteiger partial charge in [0.05, 0.1) is 0 Å². The largest absolute Gasteiger partial charge is 0.344 e. The summed E-state index contributed by atoms with van der Waals surface area (Å²) in [5.41, 5.74) is 0. The third-order valence-electron chi connectivity index (χ3n) is 2.96. The average molecular weight is 215 g/mol. The van der Waals surface area contributed by atoms with Crippen LogP contribution in [0.1, 0.15) is 90.9 Å². The van der Waals surface area contributed by atoms with E-state index in [0.29, 0.717) is 0 Å². The first kappa shape index (κ1) is 17.4. The van der Waals surface area contributed by atoms with Crippen LogP contribution in [0.25, 0.3) is 0 Å². The maximum Gasteiger partial charge on any atom is -0.0533 e. The van der Waals surface area contributed by atoms with Gasteiger partial charge in [0, 0.05) is 0 Å². The molecule has 0 aliphatic rings. The van der Waals surface area contributed by atoms with Crippen molar-refractivity contribution in [3.63, 3.8) is 0 Å². The molecule has 0 aliphatic heterocycles. The molecule has 94 valence electrons. The predicted molar refractivity (Wildman–Crippen MR) is 71.8 cm³/mol. The average Bonchev–Trinajstić information content (AvgIpc) is 2.21. The third-order valence-corrected chi connectivity index (χ3v) is 2.96. The summed E-state index contributed by atoms with van der Waals surface area (Å²) in [7, 11) is 0.